The summed E-state index contributed by atoms with van der Waals surface area (Å²) in [6.07, 6.45) is 9.08. The number of aliphatic hydroxyl groups excluding tert-OH is 1. The molecule has 22 heavy (non-hydrogen) atoms. The molecule has 3 unspecified atom stereocenters. The minimum atomic E-state index is -0.0273. The van der Waals surface area contributed by atoms with Crippen LogP contribution in [0.3, 0.4) is 0 Å². The van der Waals surface area contributed by atoms with Crippen molar-refractivity contribution in [1.29, 1.82) is 0 Å². The van der Waals surface area contributed by atoms with Crippen molar-refractivity contribution in [3.63, 3.8) is 0 Å². The van der Waals surface area contributed by atoms with Crippen molar-refractivity contribution in [2.24, 2.45) is 34.5 Å². The van der Waals surface area contributed by atoms with Crippen LogP contribution in [0.4, 0.5) is 0 Å². The Balaban J connectivity index is 1.69. The van der Waals surface area contributed by atoms with Gasteiger partial charge in [-0.25, -0.2) is 0 Å². The zero-order chi connectivity index (χ0) is 15.7. The molecule has 8 atom stereocenters. The van der Waals surface area contributed by atoms with E-state index in [9.17, 15) is 5.11 Å². The molecular formula is C20H35NO. The summed E-state index contributed by atoms with van der Waals surface area (Å²) in [6, 6.07) is 0.799. The van der Waals surface area contributed by atoms with Crippen LogP contribution in [0.2, 0.25) is 0 Å². The summed E-state index contributed by atoms with van der Waals surface area (Å²) in [6.45, 7) is 8.92. The molecule has 0 bridgehead atoms. The van der Waals surface area contributed by atoms with Crippen LogP contribution in [0, 0.1) is 34.5 Å². The number of nitrogens with zero attached hydrogens (tertiary/aromatic N) is 1. The van der Waals surface area contributed by atoms with Crippen molar-refractivity contribution >= 4 is 0 Å². The Labute approximate surface area is 136 Å². The third kappa shape index (κ3) is 1.99. The highest BCUT2D eigenvalue weighted by atomic mass is 16.3. The fourth-order valence-electron chi connectivity index (χ4n) is 7.71. The molecule has 0 amide bonds. The van der Waals surface area contributed by atoms with Crippen molar-refractivity contribution in [3.05, 3.63) is 0 Å². The average molecular weight is 306 g/mol. The van der Waals surface area contributed by atoms with Crippen LogP contribution in [-0.4, -0.2) is 35.7 Å². The molecule has 0 spiro atoms. The first-order valence-corrected chi connectivity index (χ1v) is 9.73. The Bertz CT molecular complexity index is 451. The van der Waals surface area contributed by atoms with Gasteiger partial charge in [0, 0.05) is 6.04 Å². The molecule has 2 nitrogen and oxygen atoms in total. The van der Waals surface area contributed by atoms with E-state index in [4.69, 9.17) is 0 Å². The first kappa shape index (κ1) is 15.4. The van der Waals surface area contributed by atoms with Crippen molar-refractivity contribution in [1.82, 2.24) is 4.90 Å². The van der Waals surface area contributed by atoms with Crippen LogP contribution < -0.4 is 0 Å². The molecule has 0 radical (unpaired) electrons. The van der Waals surface area contributed by atoms with E-state index in [1.165, 1.54) is 38.6 Å². The second-order valence-electron chi connectivity index (χ2n) is 9.90. The molecule has 4 aliphatic rings. The molecule has 0 aromatic rings. The van der Waals surface area contributed by atoms with E-state index in [1.54, 1.807) is 0 Å². The number of hydrogen-bond donors (Lipinski definition) is 1. The number of aliphatic hydroxyl groups is 1. The minimum absolute atomic E-state index is 0.0273. The zero-order valence-electron chi connectivity index (χ0n) is 15.0. The van der Waals surface area contributed by atoms with Gasteiger partial charge in [-0.3, -0.25) is 0 Å². The highest BCUT2D eigenvalue weighted by Gasteiger charge is 2.61. The van der Waals surface area contributed by atoms with Crippen molar-refractivity contribution < 1.29 is 5.11 Å². The summed E-state index contributed by atoms with van der Waals surface area (Å²) in [5.74, 6) is 3.37. The van der Waals surface area contributed by atoms with Crippen molar-refractivity contribution in [3.8, 4) is 0 Å². The Morgan fingerprint density at radius 3 is 2.64 bits per heavy atom. The highest BCUT2D eigenvalue weighted by Crippen LogP contribution is 2.65. The van der Waals surface area contributed by atoms with Crippen LogP contribution >= 0.6 is 0 Å². The second kappa shape index (κ2) is 4.96. The second-order valence-corrected chi connectivity index (χ2v) is 9.90. The van der Waals surface area contributed by atoms with Crippen molar-refractivity contribution in [2.45, 2.75) is 77.9 Å². The van der Waals surface area contributed by atoms with Crippen LogP contribution in [0.25, 0.3) is 0 Å². The SMILES string of the molecule is C[C@H]1C[C@@H]2N(C)CCC[C@]2(C)C2CC[C@]3(C)C[C@@H](O)CC3C21. The quantitative estimate of drug-likeness (QED) is 0.733. The number of piperidine rings is 1. The van der Waals surface area contributed by atoms with E-state index >= 15 is 0 Å². The maximum Gasteiger partial charge on any atom is 0.0548 e. The summed E-state index contributed by atoms with van der Waals surface area (Å²) in [5.41, 5.74) is 0.956. The van der Waals surface area contributed by atoms with Gasteiger partial charge in [-0.05, 0) is 93.0 Å². The molecule has 4 fully saturated rings. The molecule has 0 aromatic heterocycles. The Kier molecular flexibility index (Phi) is 3.48. The first-order valence-electron chi connectivity index (χ1n) is 9.73. The number of likely N-dealkylation sites (tertiary alicyclic amines) is 1. The lowest BCUT2D eigenvalue weighted by atomic mass is 9.45. The molecule has 3 saturated carbocycles. The van der Waals surface area contributed by atoms with Crippen LogP contribution in [0.5, 0.6) is 0 Å². The van der Waals surface area contributed by atoms with E-state index in [2.05, 4.69) is 32.7 Å². The summed E-state index contributed by atoms with van der Waals surface area (Å²) in [4.78, 5) is 2.67. The molecule has 3 aliphatic carbocycles. The highest BCUT2D eigenvalue weighted by molar-refractivity contribution is 5.11. The largest absolute Gasteiger partial charge is 0.393 e. The van der Waals surface area contributed by atoms with Gasteiger partial charge in [0.05, 0.1) is 6.10 Å². The molecule has 0 aromatic carbocycles. The van der Waals surface area contributed by atoms with Gasteiger partial charge in [-0.15, -0.1) is 0 Å². The Hall–Kier alpha value is -0.0800. The molecular weight excluding hydrogens is 270 g/mol. The van der Waals surface area contributed by atoms with Crippen LogP contribution in [0.1, 0.15) is 65.7 Å². The van der Waals surface area contributed by atoms with Crippen LogP contribution in [0.15, 0.2) is 0 Å². The summed E-state index contributed by atoms with van der Waals surface area (Å²) < 4.78 is 0. The van der Waals surface area contributed by atoms with Gasteiger partial charge >= 0.3 is 0 Å². The summed E-state index contributed by atoms with van der Waals surface area (Å²) in [5, 5.41) is 10.3. The summed E-state index contributed by atoms with van der Waals surface area (Å²) in [7, 11) is 2.36. The third-order valence-corrected chi connectivity index (χ3v) is 8.70. The Morgan fingerprint density at radius 1 is 1.09 bits per heavy atom. The average Bonchev–Trinajstić information content (AvgIpc) is 2.75. The normalized spacial score (nSPS) is 58.8. The van der Waals surface area contributed by atoms with E-state index in [0.29, 0.717) is 10.8 Å². The summed E-state index contributed by atoms with van der Waals surface area (Å²) >= 11 is 0. The Morgan fingerprint density at radius 2 is 1.86 bits per heavy atom. The predicted octanol–water partition coefficient (Wildman–Crippen LogP) is 3.93. The smallest absolute Gasteiger partial charge is 0.0548 e. The molecule has 1 aliphatic heterocycles. The van der Waals surface area contributed by atoms with Gasteiger partial charge in [-0.1, -0.05) is 20.8 Å². The first-order chi connectivity index (χ1) is 10.3. The molecule has 1 N–H and O–H groups in total. The van der Waals surface area contributed by atoms with Gasteiger partial charge in [0.1, 0.15) is 0 Å². The van der Waals surface area contributed by atoms with Gasteiger partial charge in [0.15, 0.2) is 0 Å². The topological polar surface area (TPSA) is 23.5 Å². The minimum Gasteiger partial charge on any atom is -0.393 e. The molecule has 2 heteroatoms. The number of rotatable bonds is 0. The molecule has 1 saturated heterocycles. The van der Waals surface area contributed by atoms with Gasteiger partial charge in [0.25, 0.3) is 0 Å². The standard InChI is InChI=1S/C20H35NO/c1-13-10-17-20(3,7-5-9-21(17)4)15-6-8-19(2)12-14(22)11-16(19)18(13)15/h13-18,22H,5-12H2,1-4H3/t13-,14-,15?,16?,17-,18?,19+,20+/m0/s1. The number of fused-ring (bicyclic) bond motifs is 5. The van der Waals surface area contributed by atoms with Gasteiger partial charge in [0.2, 0.25) is 0 Å². The van der Waals surface area contributed by atoms with Gasteiger partial charge < -0.3 is 10.0 Å². The lowest BCUT2D eigenvalue weighted by Gasteiger charge is -2.63. The fourth-order valence-corrected chi connectivity index (χ4v) is 7.71. The van der Waals surface area contributed by atoms with E-state index in [1.807, 2.05) is 0 Å². The monoisotopic (exact) mass is 305 g/mol. The van der Waals surface area contributed by atoms with Crippen molar-refractivity contribution in [2.75, 3.05) is 13.6 Å². The zero-order valence-corrected chi connectivity index (χ0v) is 15.0. The van der Waals surface area contributed by atoms with E-state index in [-0.39, 0.29) is 6.10 Å². The van der Waals surface area contributed by atoms with E-state index in [0.717, 1.165) is 42.6 Å². The lowest BCUT2D eigenvalue weighted by Crippen LogP contribution is -2.61. The van der Waals surface area contributed by atoms with Gasteiger partial charge in [-0.2, -0.15) is 0 Å². The maximum atomic E-state index is 10.3. The third-order valence-electron chi connectivity index (χ3n) is 8.70. The molecule has 126 valence electrons. The molecule has 4 rings (SSSR count). The lowest BCUT2D eigenvalue weighted by molar-refractivity contribution is -0.138. The van der Waals surface area contributed by atoms with Crippen LogP contribution in [-0.2, 0) is 0 Å². The number of hydrogen-bond acceptors (Lipinski definition) is 2. The van der Waals surface area contributed by atoms with E-state index < -0.39 is 0 Å². The molecule has 1 heterocycles. The predicted molar refractivity (Wildman–Crippen MR) is 90.6 cm³/mol. The fraction of sp³-hybridized carbons (Fsp3) is 1.00. The maximum absolute atomic E-state index is 10.3.